The van der Waals surface area contributed by atoms with E-state index in [2.05, 4.69) is 0 Å². The second-order valence-electron chi connectivity index (χ2n) is 5.36. The van der Waals surface area contributed by atoms with Gasteiger partial charge in [-0.3, -0.25) is 4.79 Å². The van der Waals surface area contributed by atoms with Gasteiger partial charge in [-0.25, -0.2) is 0 Å². The molecule has 8 heteroatoms. The first kappa shape index (κ1) is 19.2. The molecule has 0 fully saturated rings. The summed E-state index contributed by atoms with van der Waals surface area (Å²) in [5, 5.41) is 0. The summed E-state index contributed by atoms with van der Waals surface area (Å²) in [5.41, 5.74) is 1.52. The Labute approximate surface area is 131 Å². The van der Waals surface area contributed by atoms with Crippen LogP contribution in [0.15, 0.2) is 18.2 Å². The van der Waals surface area contributed by atoms with Crippen molar-refractivity contribution >= 4 is 5.91 Å². The Kier molecular flexibility index (Phi) is 5.60. The molecule has 130 valence electrons. The monoisotopic (exact) mass is 339 g/mol. The van der Waals surface area contributed by atoms with Gasteiger partial charge in [-0.15, -0.1) is 0 Å². The van der Waals surface area contributed by atoms with Crippen LogP contribution in [-0.4, -0.2) is 43.1 Å². The molecule has 1 atom stereocenters. The van der Waals surface area contributed by atoms with Crippen LogP contribution in [0.3, 0.4) is 0 Å². The maximum Gasteiger partial charge on any atom is 0.463 e. The summed E-state index contributed by atoms with van der Waals surface area (Å²) in [5.74, 6) is -7.20. The number of hydrogen-bond donors (Lipinski definition) is 0. The van der Waals surface area contributed by atoms with Gasteiger partial charge in [-0.1, -0.05) is 12.1 Å². The fourth-order valence-corrected chi connectivity index (χ4v) is 2.02. The molecule has 0 radical (unpaired) electrons. The quantitative estimate of drug-likeness (QED) is 0.768. The largest absolute Gasteiger partial charge is 0.496 e. The molecule has 1 rings (SSSR count). The lowest BCUT2D eigenvalue weighted by Crippen LogP contribution is -2.53. The molecule has 0 aliphatic rings. The first-order valence-corrected chi connectivity index (χ1v) is 6.77. The summed E-state index contributed by atoms with van der Waals surface area (Å²) in [6.45, 7) is 3.22. The van der Waals surface area contributed by atoms with E-state index < -0.39 is 24.0 Å². The van der Waals surface area contributed by atoms with Gasteiger partial charge in [0.2, 0.25) is 0 Å². The highest BCUT2D eigenvalue weighted by Gasteiger charge is 2.64. The number of carbonyl (C=O) groups is 1. The summed E-state index contributed by atoms with van der Waals surface area (Å²) < 4.78 is 68.3. The number of benzene rings is 1. The molecule has 0 saturated carbocycles. The van der Waals surface area contributed by atoms with Gasteiger partial charge in [0.1, 0.15) is 5.75 Å². The average Bonchev–Trinajstić information content (AvgIpc) is 2.46. The van der Waals surface area contributed by atoms with Gasteiger partial charge in [-0.05, 0) is 37.5 Å². The number of amides is 1. The van der Waals surface area contributed by atoms with Crippen LogP contribution in [0.4, 0.5) is 22.0 Å². The van der Waals surface area contributed by atoms with Gasteiger partial charge < -0.3 is 9.64 Å². The summed E-state index contributed by atoms with van der Waals surface area (Å²) in [6.07, 6.45) is -5.83. The minimum absolute atomic E-state index is 0.0830. The van der Waals surface area contributed by atoms with Crippen LogP contribution in [-0.2, 0) is 11.2 Å². The number of ether oxygens (including phenoxy) is 1. The highest BCUT2D eigenvalue weighted by molar-refractivity contribution is 5.84. The molecule has 3 nitrogen and oxygen atoms in total. The van der Waals surface area contributed by atoms with E-state index >= 15 is 0 Å². The van der Waals surface area contributed by atoms with Crippen molar-refractivity contribution in [1.82, 2.24) is 4.90 Å². The van der Waals surface area contributed by atoms with Gasteiger partial charge in [0.05, 0.1) is 7.11 Å². The normalized spacial score (nSPS) is 13.6. The van der Waals surface area contributed by atoms with E-state index in [-0.39, 0.29) is 6.42 Å². The maximum absolute atomic E-state index is 13.1. The van der Waals surface area contributed by atoms with Crippen molar-refractivity contribution in [2.45, 2.75) is 38.4 Å². The molecule has 1 unspecified atom stereocenters. The van der Waals surface area contributed by atoms with Crippen LogP contribution in [0.1, 0.15) is 18.1 Å². The highest BCUT2D eigenvalue weighted by atomic mass is 19.4. The molecule has 0 bridgehead atoms. The molecule has 1 aromatic rings. The van der Waals surface area contributed by atoms with Crippen LogP contribution in [0.2, 0.25) is 0 Å². The molecule has 1 aromatic carbocycles. The van der Waals surface area contributed by atoms with Gasteiger partial charge in [0.15, 0.2) is 0 Å². The Hall–Kier alpha value is -1.86. The van der Waals surface area contributed by atoms with E-state index in [0.717, 1.165) is 12.6 Å². The third-order valence-corrected chi connectivity index (χ3v) is 3.56. The summed E-state index contributed by atoms with van der Waals surface area (Å²) in [4.78, 5) is 11.9. The highest BCUT2D eigenvalue weighted by Crippen LogP contribution is 2.37. The predicted octanol–water partition coefficient (Wildman–Crippen LogP) is 3.59. The molecule has 0 aromatic heterocycles. The molecule has 0 aliphatic carbocycles. The Morgan fingerprint density at radius 2 is 1.83 bits per heavy atom. The van der Waals surface area contributed by atoms with Crippen LogP contribution in [0, 0.1) is 6.92 Å². The van der Waals surface area contributed by atoms with Gasteiger partial charge >= 0.3 is 18.0 Å². The van der Waals surface area contributed by atoms with E-state index in [9.17, 15) is 26.7 Å². The third kappa shape index (κ3) is 4.11. The molecule has 0 saturated heterocycles. The first-order valence-electron chi connectivity index (χ1n) is 6.77. The van der Waals surface area contributed by atoms with Gasteiger partial charge in [0, 0.05) is 13.1 Å². The van der Waals surface area contributed by atoms with E-state index in [4.69, 9.17) is 4.74 Å². The second kappa shape index (κ2) is 6.72. The summed E-state index contributed by atoms with van der Waals surface area (Å²) >= 11 is 0. The zero-order valence-corrected chi connectivity index (χ0v) is 13.2. The number of likely N-dealkylation sites (N-methyl/N-ethyl adjacent to an activating group) is 1. The second-order valence-corrected chi connectivity index (χ2v) is 5.36. The SMILES string of the molecule is COc1cc(C)ccc1CC(C)N(C)C(=O)C(F)(F)C(F)(F)F. The van der Waals surface area contributed by atoms with Gasteiger partial charge in [-0.2, -0.15) is 22.0 Å². The molecular formula is C15H18F5NO2. The average molecular weight is 339 g/mol. The topological polar surface area (TPSA) is 29.5 Å². The Balaban J connectivity index is 2.94. The zero-order chi connectivity index (χ0) is 18.0. The number of hydrogen-bond acceptors (Lipinski definition) is 2. The Bertz CT molecular complexity index is 571. The van der Waals surface area contributed by atoms with Crippen LogP contribution in [0.25, 0.3) is 0 Å². The number of methoxy groups -OCH3 is 1. The van der Waals surface area contributed by atoms with Crippen molar-refractivity contribution in [1.29, 1.82) is 0 Å². The number of aryl methyl sites for hydroxylation is 1. The van der Waals surface area contributed by atoms with Crippen LogP contribution >= 0.6 is 0 Å². The minimum Gasteiger partial charge on any atom is -0.496 e. The number of carbonyl (C=O) groups excluding carboxylic acids is 1. The van der Waals surface area contributed by atoms with E-state index in [1.54, 1.807) is 18.2 Å². The number of nitrogens with zero attached hydrogens (tertiary/aromatic N) is 1. The molecule has 0 heterocycles. The molecule has 0 aliphatic heterocycles. The smallest absolute Gasteiger partial charge is 0.463 e. The van der Waals surface area contributed by atoms with E-state index in [1.165, 1.54) is 14.0 Å². The maximum atomic E-state index is 13.1. The standard InChI is InChI=1S/C15H18F5NO2/c1-9-5-6-11(12(7-9)23-4)8-10(2)21(3)13(22)14(16,17)15(18,19)20/h5-7,10H,8H2,1-4H3. The van der Waals surface area contributed by atoms with E-state index in [1.807, 2.05) is 6.92 Å². The summed E-state index contributed by atoms with van der Waals surface area (Å²) in [7, 11) is 2.35. The lowest BCUT2D eigenvalue weighted by atomic mass is 10.0. The lowest BCUT2D eigenvalue weighted by Gasteiger charge is -2.29. The van der Waals surface area contributed by atoms with Gasteiger partial charge in [0.25, 0.3) is 0 Å². The van der Waals surface area contributed by atoms with Crippen molar-refractivity contribution in [3.05, 3.63) is 29.3 Å². The first-order chi connectivity index (χ1) is 10.4. The van der Waals surface area contributed by atoms with Crippen LogP contribution < -0.4 is 4.74 Å². The Morgan fingerprint density at radius 3 is 2.30 bits per heavy atom. The third-order valence-electron chi connectivity index (χ3n) is 3.56. The van der Waals surface area contributed by atoms with E-state index in [0.29, 0.717) is 16.2 Å². The van der Waals surface area contributed by atoms with Crippen LogP contribution in [0.5, 0.6) is 5.75 Å². The number of halogens is 5. The van der Waals surface area contributed by atoms with Crippen molar-refractivity contribution in [3.63, 3.8) is 0 Å². The molecular weight excluding hydrogens is 321 g/mol. The minimum atomic E-state index is -5.92. The van der Waals surface area contributed by atoms with Crippen molar-refractivity contribution in [2.24, 2.45) is 0 Å². The number of alkyl halides is 5. The number of rotatable bonds is 5. The van der Waals surface area contributed by atoms with Crippen molar-refractivity contribution in [3.8, 4) is 5.75 Å². The fraction of sp³-hybridized carbons (Fsp3) is 0.533. The Morgan fingerprint density at radius 1 is 1.26 bits per heavy atom. The fourth-order valence-electron chi connectivity index (χ4n) is 2.02. The summed E-state index contributed by atoms with van der Waals surface area (Å²) in [6, 6.07) is 4.29. The molecule has 1 amide bonds. The molecule has 0 spiro atoms. The molecule has 23 heavy (non-hydrogen) atoms. The lowest BCUT2D eigenvalue weighted by molar-refractivity contribution is -0.274. The van der Waals surface area contributed by atoms with Crippen molar-refractivity contribution < 1.29 is 31.5 Å². The predicted molar refractivity (Wildman–Crippen MR) is 74.7 cm³/mol. The zero-order valence-electron chi connectivity index (χ0n) is 13.2. The molecule has 0 N–H and O–H groups in total. The van der Waals surface area contributed by atoms with Crippen molar-refractivity contribution in [2.75, 3.05) is 14.2 Å².